The van der Waals surface area contributed by atoms with Crippen molar-refractivity contribution in [2.24, 2.45) is 0 Å². The van der Waals surface area contributed by atoms with Gasteiger partial charge < -0.3 is 5.32 Å². The molecule has 0 aliphatic carbocycles. The molecule has 1 saturated heterocycles. The Bertz CT molecular complexity index is 366. The van der Waals surface area contributed by atoms with Crippen molar-refractivity contribution in [1.82, 2.24) is 10.2 Å². The Morgan fingerprint density at radius 1 is 1.59 bits per heavy atom. The third-order valence-corrected chi connectivity index (χ3v) is 5.10. The zero-order valence-corrected chi connectivity index (χ0v) is 12.3. The molecule has 2 heterocycles. The Balaban J connectivity index is 2.09. The van der Waals surface area contributed by atoms with Crippen LogP contribution in [0.3, 0.4) is 0 Å². The first-order chi connectivity index (χ1) is 8.11. The molecular formula is C13H21ClN2S. The molecular weight excluding hydrogens is 252 g/mol. The van der Waals surface area contributed by atoms with Crippen LogP contribution in [0.15, 0.2) is 12.1 Å². The summed E-state index contributed by atoms with van der Waals surface area (Å²) in [6.45, 7) is 9.05. The molecule has 2 rings (SSSR count). The normalized spacial score (nSPS) is 28.2. The van der Waals surface area contributed by atoms with E-state index < -0.39 is 0 Å². The second-order valence-corrected chi connectivity index (χ2v) is 6.62. The zero-order valence-electron chi connectivity index (χ0n) is 10.7. The third kappa shape index (κ3) is 3.02. The van der Waals surface area contributed by atoms with E-state index in [0.717, 1.165) is 17.4 Å². The molecule has 1 fully saturated rings. The first kappa shape index (κ1) is 13.3. The highest BCUT2D eigenvalue weighted by atomic mass is 35.5. The molecule has 0 saturated carbocycles. The number of rotatable bonds is 3. The van der Waals surface area contributed by atoms with Gasteiger partial charge in [0.1, 0.15) is 0 Å². The summed E-state index contributed by atoms with van der Waals surface area (Å²) >= 11 is 7.73. The Morgan fingerprint density at radius 2 is 2.35 bits per heavy atom. The van der Waals surface area contributed by atoms with Gasteiger partial charge >= 0.3 is 0 Å². The summed E-state index contributed by atoms with van der Waals surface area (Å²) in [5.74, 6) is 0. The van der Waals surface area contributed by atoms with Crippen LogP contribution in [-0.4, -0.2) is 30.1 Å². The van der Waals surface area contributed by atoms with Crippen LogP contribution in [0, 0.1) is 0 Å². The molecule has 0 bridgehead atoms. The lowest BCUT2D eigenvalue weighted by Crippen LogP contribution is -2.55. The lowest BCUT2D eigenvalue weighted by atomic mass is 10.0. The molecule has 1 aliphatic rings. The quantitative estimate of drug-likeness (QED) is 0.906. The maximum atomic E-state index is 6.02. The molecule has 2 nitrogen and oxygen atoms in total. The first-order valence-electron chi connectivity index (χ1n) is 6.36. The molecule has 1 aromatic rings. The lowest BCUT2D eigenvalue weighted by molar-refractivity contribution is 0.0991. The molecule has 1 aromatic heterocycles. The first-order valence-corrected chi connectivity index (χ1v) is 7.55. The van der Waals surface area contributed by atoms with Crippen molar-refractivity contribution >= 4 is 22.9 Å². The average molecular weight is 273 g/mol. The topological polar surface area (TPSA) is 15.3 Å². The van der Waals surface area contributed by atoms with Gasteiger partial charge in [-0.05, 0) is 32.4 Å². The molecule has 3 atom stereocenters. The maximum absolute atomic E-state index is 6.02. The Labute approximate surface area is 113 Å². The fraction of sp³-hybridized carbons (Fsp3) is 0.692. The van der Waals surface area contributed by atoms with E-state index in [2.05, 4.69) is 37.1 Å². The lowest BCUT2D eigenvalue weighted by Gasteiger charge is -2.41. The highest BCUT2D eigenvalue weighted by Crippen LogP contribution is 2.32. The summed E-state index contributed by atoms with van der Waals surface area (Å²) in [4.78, 5) is 3.96. The van der Waals surface area contributed by atoms with Crippen molar-refractivity contribution in [1.29, 1.82) is 0 Å². The fourth-order valence-corrected chi connectivity index (χ4v) is 3.62. The van der Waals surface area contributed by atoms with E-state index in [9.17, 15) is 0 Å². The molecule has 1 aliphatic heterocycles. The summed E-state index contributed by atoms with van der Waals surface area (Å²) in [5.41, 5.74) is 0. The van der Waals surface area contributed by atoms with E-state index in [1.807, 2.05) is 6.07 Å². The highest BCUT2D eigenvalue weighted by molar-refractivity contribution is 7.16. The predicted octanol–water partition coefficient (Wildman–Crippen LogP) is 3.53. The van der Waals surface area contributed by atoms with E-state index >= 15 is 0 Å². The smallest absolute Gasteiger partial charge is 0.0931 e. The summed E-state index contributed by atoms with van der Waals surface area (Å²) in [6, 6.07) is 5.85. The molecule has 1 N–H and O–H groups in total. The SMILES string of the molecule is CCC1CN(C(C)c2ccc(Cl)s2)C(C)CN1. The van der Waals surface area contributed by atoms with Gasteiger partial charge in [0.2, 0.25) is 0 Å². The summed E-state index contributed by atoms with van der Waals surface area (Å²) in [5, 5.41) is 3.60. The van der Waals surface area contributed by atoms with E-state index in [0.29, 0.717) is 18.1 Å². The van der Waals surface area contributed by atoms with Crippen molar-refractivity contribution < 1.29 is 0 Å². The van der Waals surface area contributed by atoms with E-state index in [-0.39, 0.29) is 0 Å². The second-order valence-electron chi connectivity index (χ2n) is 4.88. The molecule has 0 spiro atoms. The van der Waals surface area contributed by atoms with Crippen LogP contribution in [-0.2, 0) is 0 Å². The fourth-order valence-electron chi connectivity index (χ4n) is 2.48. The molecule has 0 aromatic carbocycles. The van der Waals surface area contributed by atoms with Crippen molar-refractivity contribution in [2.75, 3.05) is 13.1 Å². The van der Waals surface area contributed by atoms with E-state index in [1.54, 1.807) is 11.3 Å². The van der Waals surface area contributed by atoms with Crippen LogP contribution in [0.25, 0.3) is 0 Å². The molecule has 0 radical (unpaired) electrons. The number of halogens is 1. The Hall–Kier alpha value is -0.0900. The van der Waals surface area contributed by atoms with E-state index in [4.69, 9.17) is 11.6 Å². The van der Waals surface area contributed by atoms with Gasteiger partial charge in [-0.1, -0.05) is 18.5 Å². The van der Waals surface area contributed by atoms with Gasteiger partial charge in [-0.15, -0.1) is 11.3 Å². The van der Waals surface area contributed by atoms with Crippen molar-refractivity contribution in [3.63, 3.8) is 0 Å². The highest BCUT2D eigenvalue weighted by Gasteiger charge is 2.28. The second kappa shape index (κ2) is 5.70. The van der Waals surface area contributed by atoms with Crippen LogP contribution in [0.1, 0.15) is 38.1 Å². The number of nitrogens with zero attached hydrogens (tertiary/aromatic N) is 1. The monoisotopic (exact) mass is 272 g/mol. The van der Waals surface area contributed by atoms with Gasteiger partial charge in [0, 0.05) is 36.1 Å². The maximum Gasteiger partial charge on any atom is 0.0931 e. The molecule has 17 heavy (non-hydrogen) atoms. The zero-order chi connectivity index (χ0) is 12.4. The third-order valence-electron chi connectivity index (χ3n) is 3.70. The number of piperazine rings is 1. The van der Waals surface area contributed by atoms with Crippen molar-refractivity contribution in [3.8, 4) is 0 Å². The van der Waals surface area contributed by atoms with Gasteiger partial charge in [0.15, 0.2) is 0 Å². The number of hydrogen-bond donors (Lipinski definition) is 1. The van der Waals surface area contributed by atoms with Gasteiger partial charge in [0.05, 0.1) is 4.34 Å². The van der Waals surface area contributed by atoms with Crippen molar-refractivity contribution in [2.45, 2.75) is 45.3 Å². The minimum absolute atomic E-state index is 0.471. The summed E-state index contributed by atoms with van der Waals surface area (Å²) in [7, 11) is 0. The molecule has 96 valence electrons. The predicted molar refractivity (Wildman–Crippen MR) is 76.0 cm³/mol. The number of nitrogens with one attached hydrogen (secondary N) is 1. The minimum atomic E-state index is 0.471. The summed E-state index contributed by atoms with van der Waals surface area (Å²) in [6.07, 6.45) is 1.20. The Morgan fingerprint density at radius 3 is 2.94 bits per heavy atom. The van der Waals surface area contributed by atoms with E-state index in [1.165, 1.54) is 11.3 Å². The molecule has 3 unspecified atom stereocenters. The molecule has 4 heteroatoms. The minimum Gasteiger partial charge on any atom is -0.311 e. The largest absolute Gasteiger partial charge is 0.311 e. The van der Waals surface area contributed by atoms with Crippen LogP contribution < -0.4 is 5.32 Å². The number of thiophene rings is 1. The van der Waals surface area contributed by atoms with Gasteiger partial charge in [-0.3, -0.25) is 4.90 Å². The Kier molecular flexibility index (Phi) is 4.47. The molecule has 0 amide bonds. The standard InChI is InChI=1S/C13H21ClN2S/c1-4-11-8-16(9(2)7-15-11)10(3)12-5-6-13(14)17-12/h5-6,9-11,15H,4,7-8H2,1-3H3. The number of hydrogen-bond acceptors (Lipinski definition) is 3. The van der Waals surface area contributed by atoms with Crippen LogP contribution in [0.4, 0.5) is 0 Å². The van der Waals surface area contributed by atoms with Crippen LogP contribution >= 0.6 is 22.9 Å². The van der Waals surface area contributed by atoms with Crippen LogP contribution in [0.5, 0.6) is 0 Å². The summed E-state index contributed by atoms with van der Waals surface area (Å²) < 4.78 is 0.890. The van der Waals surface area contributed by atoms with Crippen LogP contribution in [0.2, 0.25) is 4.34 Å². The average Bonchev–Trinajstić information content (AvgIpc) is 2.76. The van der Waals surface area contributed by atoms with Gasteiger partial charge in [-0.25, -0.2) is 0 Å². The van der Waals surface area contributed by atoms with Crippen molar-refractivity contribution in [3.05, 3.63) is 21.3 Å². The van der Waals surface area contributed by atoms with Gasteiger partial charge in [0.25, 0.3) is 0 Å². The van der Waals surface area contributed by atoms with Gasteiger partial charge in [-0.2, -0.15) is 0 Å².